The van der Waals surface area contributed by atoms with Crippen LogP contribution in [-0.4, -0.2) is 0 Å². The smallest absolute Gasteiger partial charge is 0.00208 e. The summed E-state index contributed by atoms with van der Waals surface area (Å²) in [5.41, 5.74) is 5.03. The van der Waals surface area contributed by atoms with Crippen molar-refractivity contribution in [1.29, 1.82) is 0 Å². The Morgan fingerprint density at radius 2 is 0.727 bits per heavy atom. The molecule has 0 nitrogen and oxygen atoms in total. The SMILES string of the molecule is Pc1c(P)c(P)c(-c2ccccc2)c(-c2ccccc2)c1P. The minimum Gasteiger partial charge on any atom is -0.104 e. The van der Waals surface area contributed by atoms with Crippen molar-refractivity contribution >= 4 is 58.2 Å². The predicted molar refractivity (Wildman–Crippen MR) is 115 cm³/mol. The Morgan fingerprint density at radius 3 is 1.05 bits per heavy atom. The molecule has 3 rings (SSSR count). The third-order valence-electron chi connectivity index (χ3n) is 3.78. The van der Waals surface area contributed by atoms with Crippen molar-refractivity contribution < 1.29 is 0 Å². The van der Waals surface area contributed by atoms with Crippen LogP contribution in [0.25, 0.3) is 22.3 Å². The fourth-order valence-electron chi connectivity index (χ4n) is 2.64. The van der Waals surface area contributed by atoms with Gasteiger partial charge in [-0.15, -0.1) is 37.0 Å². The molecule has 0 heterocycles. The number of hydrogen-bond donors (Lipinski definition) is 0. The summed E-state index contributed by atoms with van der Waals surface area (Å²) < 4.78 is 0. The van der Waals surface area contributed by atoms with E-state index < -0.39 is 0 Å². The average Bonchev–Trinajstić information content (AvgIpc) is 2.57. The van der Waals surface area contributed by atoms with E-state index >= 15 is 0 Å². The van der Waals surface area contributed by atoms with Gasteiger partial charge in [-0.3, -0.25) is 0 Å². The van der Waals surface area contributed by atoms with Crippen molar-refractivity contribution in [3.8, 4) is 22.3 Å². The molecule has 0 aliphatic rings. The molecule has 4 unspecified atom stereocenters. The van der Waals surface area contributed by atoms with Gasteiger partial charge in [0, 0.05) is 0 Å². The van der Waals surface area contributed by atoms with Crippen LogP contribution in [0, 0.1) is 0 Å². The van der Waals surface area contributed by atoms with Crippen molar-refractivity contribution in [1.82, 2.24) is 0 Å². The first-order chi connectivity index (χ1) is 10.6. The Kier molecular flexibility index (Phi) is 5.07. The van der Waals surface area contributed by atoms with Crippen LogP contribution in [0.3, 0.4) is 0 Å². The van der Waals surface area contributed by atoms with Crippen LogP contribution in [0.4, 0.5) is 0 Å². The van der Waals surface area contributed by atoms with E-state index in [1.165, 1.54) is 43.5 Å². The monoisotopic (exact) mass is 358 g/mol. The van der Waals surface area contributed by atoms with Gasteiger partial charge in [0.05, 0.1) is 0 Å². The first-order valence-corrected chi connectivity index (χ1v) is 9.29. The highest BCUT2D eigenvalue weighted by molar-refractivity contribution is 7.43. The molecule has 4 atom stereocenters. The molecule has 0 saturated heterocycles. The normalized spacial score (nSPS) is 10.7. The molecule has 22 heavy (non-hydrogen) atoms. The Labute approximate surface area is 141 Å². The highest BCUT2D eigenvalue weighted by Gasteiger charge is 2.18. The summed E-state index contributed by atoms with van der Waals surface area (Å²) in [5.74, 6) is 0. The van der Waals surface area contributed by atoms with Crippen LogP contribution in [-0.2, 0) is 0 Å². The van der Waals surface area contributed by atoms with Gasteiger partial charge in [-0.2, -0.15) is 0 Å². The molecule has 0 radical (unpaired) electrons. The van der Waals surface area contributed by atoms with Gasteiger partial charge in [0.1, 0.15) is 0 Å². The van der Waals surface area contributed by atoms with Crippen molar-refractivity contribution in [3.63, 3.8) is 0 Å². The maximum absolute atomic E-state index is 2.92. The molecule has 0 aromatic heterocycles. The second-order valence-corrected chi connectivity index (χ2v) is 7.45. The molecule has 0 aliphatic heterocycles. The summed E-state index contributed by atoms with van der Waals surface area (Å²) in [7, 11) is 11.6. The van der Waals surface area contributed by atoms with E-state index in [1.807, 2.05) is 0 Å². The average molecular weight is 358 g/mol. The zero-order valence-electron chi connectivity index (χ0n) is 12.1. The van der Waals surface area contributed by atoms with E-state index in [1.54, 1.807) is 0 Å². The fourth-order valence-corrected chi connectivity index (χ4v) is 4.50. The topological polar surface area (TPSA) is 0 Å². The first-order valence-electron chi connectivity index (χ1n) is 6.98. The Bertz CT molecular complexity index is 741. The van der Waals surface area contributed by atoms with Gasteiger partial charge in [0.25, 0.3) is 0 Å². The minimum absolute atomic E-state index is 1.22. The predicted octanol–water partition coefficient (Wildman–Crippen LogP) is 3.02. The van der Waals surface area contributed by atoms with Gasteiger partial charge < -0.3 is 0 Å². The fraction of sp³-hybridized carbons (Fsp3) is 0. The lowest BCUT2D eigenvalue weighted by atomic mass is 9.94. The molecule has 0 N–H and O–H groups in total. The van der Waals surface area contributed by atoms with Crippen LogP contribution < -0.4 is 21.2 Å². The van der Waals surface area contributed by atoms with Crippen LogP contribution >= 0.6 is 37.0 Å². The van der Waals surface area contributed by atoms with Gasteiger partial charge in [-0.25, -0.2) is 0 Å². The second kappa shape index (κ2) is 6.87. The van der Waals surface area contributed by atoms with Crippen LogP contribution in [0.5, 0.6) is 0 Å². The summed E-state index contributed by atoms with van der Waals surface area (Å²) in [6.45, 7) is 0. The summed E-state index contributed by atoms with van der Waals surface area (Å²) in [4.78, 5) is 0. The van der Waals surface area contributed by atoms with E-state index in [-0.39, 0.29) is 0 Å². The summed E-state index contributed by atoms with van der Waals surface area (Å²) in [5, 5.41) is 4.90. The van der Waals surface area contributed by atoms with Gasteiger partial charge in [-0.1, -0.05) is 60.7 Å². The number of rotatable bonds is 2. The zero-order valence-corrected chi connectivity index (χ0v) is 16.7. The molecule has 0 spiro atoms. The lowest BCUT2D eigenvalue weighted by molar-refractivity contribution is 1.64. The molecule has 0 fully saturated rings. The van der Waals surface area contributed by atoms with Gasteiger partial charge in [0.15, 0.2) is 0 Å². The van der Waals surface area contributed by atoms with Crippen LogP contribution in [0.1, 0.15) is 0 Å². The van der Waals surface area contributed by atoms with Crippen LogP contribution in [0.15, 0.2) is 60.7 Å². The molecule has 0 amide bonds. The van der Waals surface area contributed by atoms with Crippen molar-refractivity contribution in [2.75, 3.05) is 0 Å². The first kappa shape index (κ1) is 16.2. The lowest BCUT2D eigenvalue weighted by Crippen LogP contribution is -2.35. The molecule has 0 bridgehead atoms. The van der Waals surface area contributed by atoms with E-state index in [9.17, 15) is 0 Å². The molecular formula is C18H18P4. The quantitative estimate of drug-likeness (QED) is 0.618. The lowest BCUT2D eigenvalue weighted by Gasteiger charge is -2.21. The van der Waals surface area contributed by atoms with E-state index in [0.29, 0.717) is 0 Å². The maximum Gasteiger partial charge on any atom is -0.00208 e. The van der Waals surface area contributed by atoms with E-state index in [0.717, 1.165) is 0 Å². The van der Waals surface area contributed by atoms with E-state index in [4.69, 9.17) is 0 Å². The van der Waals surface area contributed by atoms with Crippen molar-refractivity contribution in [2.24, 2.45) is 0 Å². The Balaban J connectivity index is 2.42. The molecule has 0 saturated carbocycles. The largest absolute Gasteiger partial charge is 0.104 e. The molecule has 3 aromatic rings. The summed E-state index contributed by atoms with van der Waals surface area (Å²) in [6, 6.07) is 21.2. The molecular weight excluding hydrogens is 340 g/mol. The second-order valence-electron chi connectivity index (χ2n) is 5.14. The Hall–Kier alpha value is -0.620. The summed E-state index contributed by atoms with van der Waals surface area (Å²) in [6.07, 6.45) is 0. The van der Waals surface area contributed by atoms with Gasteiger partial charge in [-0.05, 0) is 43.5 Å². The van der Waals surface area contributed by atoms with Crippen molar-refractivity contribution in [2.45, 2.75) is 0 Å². The highest BCUT2D eigenvalue weighted by Crippen LogP contribution is 2.31. The highest BCUT2D eigenvalue weighted by atomic mass is 31.0. The Morgan fingerprint density at radius 1 is 0.409 bits per heavy atom. The van der Waals surface area contributed by atoms with Crippen molar-refractivity contribution in [3.05, 3.63) is 60.7 Å². The van der Waals surface area contributed by atoms with Crippen LogP contribution in [0.2, 0.25) is 0 Å². The number of hydrogen-bond acceptors (Lipinski definition) is 0. The standard InChI is InChI=1S/C18H18P4/c19-15-13(11-7-3-1-4-8-11)14(12-9-5-2-6-10-12)16(20)18(22)17(15)21/h1-10H,19-22H2. The molecule has 110 valence electrons. The third kappa shape index (κ3) is 2.92. The zero-order chi connectivity index (χ0) is 15.7. The molecule has 4 heteroatoms. The minimum atomic E-state index is 1.22. The van der Waals surface area contributed by atoms with Gasteiger partial charge >= 0.3 is 0 Å². The number of benzene rings is 3. The van der Waals surface area contributed by atoms with E-state index in [2.05, 4.69) is 97.6 Å². The third-order valence-corrected chi connectivity index (χ3v) is 7.23. The molecule has 0 aliphatic carbocycles. The van der Waals surface area contributed by atoms with Gasteiger partial charge in [0.2, 0.25) is 0 Å². The summed E-state index contributed by atoms with van der Waals surface area (Å²) >= 11 is 0. The maximum atomic E-state index is 2.92. The molecule has 3 aromatic carbocycles.